The summed E-state index contributed by atoms with van der Waals surface area (Å²) in [6.45, 7) is 2.61. The van der Waals surface area contributed by atoms with Crippen LogP contribution in [-0.4, -0.2) is 53.8 Å². The number of aliphatic carboxylic acids is 1. The molecule has 2 aromatic carbocycles. The van der Waals surface area contributed by atoms with Crippen molar-refractivity contribution in [2.45, 2.75) is 25.8 Å². The third-order valence-corrected chi connectivity index (χ3v) is 7.75. The molecule has 2 aromatic rings. The Morgan fingerprint density at radius 2 is 1.86 bits per heavy atom. The fraction of sp³-hybridized carbons (Fsp3) is 0.308. The van der Waals surface area contributed by atoms with E-state index in [0.717, 1.165) is 34.7 Å². The number of rotatable bonds is 8. The zero-order chi connectivity index (χ0) is 25.3. The highest BCUT2D eigenvalue weighted by atomic mass is 35.5. The van der Waals surface area contributed by atoms with Crippen molar-refractivity contribution in [1.29, 1.82) is 0 Å². The summed E-state index contributed by atoms with van der Waals surface area (Å²) in [4.78, 5) is 22.3. The number of benzene rings is 2. The molecule has 0 fully saturated rings. The third kappa shape index (κ3) is 4.96. The number of hydrogen-bond acceptors (Lipinski definition) is 6. The van der Waals surface area contributed by atoms with Crippen LogP contribution < -0.4 is 4.74 Å². The molecule has 0 radical (unpaired) electrons. The Balaban J connectivity index is 1.95. The Labute approximate surface area is 219 Å². The summed E-state index contributed by atoms with van der Waals surface area (Å²) in [5.41, 5.74) is 3.14. The maximum atomic E-state index is 12.5. The van der Waals surface area contributed by atoms with E-state index in [1.54, 1.807) is 14.0 Å². The van der Waals surface area contributed by atoms with Gasteiger partial charge in [0.1, 0.15) is 5.75 Å². The smallest absolute Gasteiger partial charge is 0.335 e. The molecule has 9 heteroatoms. The monoisotopic (exact) mass is 531 g/mol. The number of amidine groups is 1. The van der Waals surface area contributed by atoms with Gasteiger partial charge in [-0.15, -0.1) is 0 Å². The normalized spacial score (nSPS) is 17.7. The summed E-state index contributed by atoms with van der Waals surface area (Å²) in [6, 6.07) is 12.4. The molecule has 2 aliphatic rings. The van der Waals surface area contributed by atoms with Crippen LogP contribution in [0.5, 0.6) is 5.75 Å². The number of carbonyl (C=O) groups is 1. The van der Waals surface area contributed by atoms with Gasteiger partial charge in [-0.25, -0.2) is 9.79 Å². The van der Waals surface area contributed by atoms with Crippen LogP contribution >= 0.6 is 35.0 Å². The Bertz CT molecular complexity index is 1240. The molecule has 0 aromatic heterocycles. The van der Waals surface area contributed by atoms with Crippen LogP contribution in [0.4, 0.5) is 0 Å². The van der Waals surface area contributed by atoms with E-state index >= 15 is 0 Å². The molecule has 1 atom stereocenters. The Morgan fingerprint density at radius 3 is 2.49 bits per heavy atom. The standard InChI is InChI=1S/C26H27Cl2N3O3S/c1-15-21(25(32)33)23(16-9-5-6-13-20(16)34-4)31-19(12-8-14-30(2)3)24(35-26(31)29-15)22-17(27)10-7-11-18(22)28/h5-7,9-11,13,23H,8,12,14H2,1-4H3,(H,32,33). The van der Waals surface area contributed by atoms with Gasteiger partial charge in [-0.05, 0) is 70.4 Å². The highest BCUT2D eigenvalue weighted by molar-refractivity contribution is 8.22. The summed E-state index contributed by atoms with van der Waals surface area (Å²) >= 11 is 14.8. The summed E-state index contributed by atoms with van der Waals surface area (Å²) in [6.07, 6.45) is 1.56. The Kier molecular flexibility index (Phi) is 7.81. The number of carboxylic acids is 1. The van der Waals surface area contributed by atoms with Crippen molar-refractivity contribution in [3.63, 3.8) is 0 Å². The summed E-state index contributed by atoms with van der Waals surface area (Å²) in [5.74, 6) is -0.393. The van der Waals surface area contributed by atoms with Gasteiger partial charge in [0.05, 0.1) is 34.5 Å². The van der Waals surface area contributed by atoms with E-state index in [1.165, 1.54) is 11.8 Å². The number of ether oxygens (including phenoxy) is 1. The van der Waals surface area contributed by atoms with E-state index in [2.05, 4.69) is 4.90 Å². The summed E-state index contributed by atoms with van der Waals surface area (Å²) in [5, 5.41) is 12.1. The molecular weight excluding hydrogens is 505 g/mol. The van der Waals surface area contributed by atoms with Crippen LogP contribution in [-0.2, 0) is 4.79 Å². The number of allylic oxidation sites excluding steroid dienone is 2. The number of thioether (sulfide) groups is 1. The molecule has 184 valence electrons. The maximum absolute atomic E-state index is 12.5. The molecule has 1 N–H and O–H groups in total. The molecule has 0 amide bonds. The van der Waals surface area contributed by atoms with Gasteiger partial charge < -0.3 is 19.6 Å². The fourth-order valence-corrected chi connectivity index (χ4v) is 6.48. The predicted molar refractivity (Wildman–Crippen MR) is 144 cm³/mol. The highest BCUT2D eigenvalue weighted by Crippen LogP contribution is 2.54. The van der Waals surface area contributed by atoms with E-state index in [0.29, 0.717) is 33.1 Å². The lowest BCUT2D eigenvalue weighted by atomic mass is 9.92. The zero-order valence-corrected chi connectivity index (χ0v) is 22.3. The molecule has 6 nitrogen and oxygen atoms in total. The van der Waals surface area contributed by atoms with Crippen molar-refractivity contribution in [3.05, 3.63) is 80.6 Å². The minimum Gasteiger partial charge on any atom is -0.496 e. The van der Waals surface area contributed by atoms with E-state index in [1.807, 2.05) is 61.5 Å². The summed E-state index contributed by atoms with van der Waals surface area (Å²) < 4.78 is 5.65. The molecule has 1 unspecified atom stereocenters. The highest BCUT2D eigenvalue weighted by Gasteiger charge is 2.44. The van der Waals surface area contributed by atoms with Crippen LogP contribution in [0.25, 0.3) is 4.91 Å². The average molecular weight is 532 g/mol. The van der Waals surface area contributed by atoms with Crippen molar-refractivity contribution >= 4 is 51.0 Å². The van der Waals surface area contributed by atoms with E-state index in [9.17, 15) is 9.90 Å². The van der Waals surface area contributed by atoms with Crippen LogP contribution in [0.1, 0.15) is 36.9 Å². The molecular formula is C26H27Cl2N3O3S. The second-order valence-corrected chi connectivity index (χ2v) is 10.4. The molecule has 0 spiro atoms. The number of hydrogen-bond donors (Lipinski definition) is 1. The lowest BCUT2D eigenvalue weighted by Crippen LogP contribution is -2.36. The van der Waals surface area contributed by atoms with Crippen LogP contribution in [0.2, 0.25) is 10.0 Å². The van der Waals surface area contributed by atoms with Crippen LogP contribution in [0.15, 0.2) is 64.4 Å². The first-order valence-electron chi connectivity index (χ1n) is 11.2. The van der Waals surface area contributed by atoms with Gasteiger partial charge in [0, 0.05) is 21.7 Å². The van der Waals surface area contributed by atoms with Crippen molar-refractivity contribution in [2.24, 2.45) is 4.99 Å². The predicted octanol–water partition coefficient (Wildman–Crippen LogP) is 6.53. The lowest BCUT2D eigenvalue weighted by molar-refractivity contribution is -0.133. The van der Waals surface area contributed by atoms with Gasteiger partial charge in [-0.1, -0.05) is 47.5 Å². The van der Waals surface area contributed by atoms with Crippen LogP contribution in [0, 0.1) is 0 Å². The molecule has 0 aliphatic carbocycles. The molecule has 2 aliphatic heterocycles. The minimum absolute atomic E-state index is 0.218. The number of para-hydroxylation sites is 1. The summed E-state index contributed by atoms with van der Waals surface area (Å²) in [7, 11) is 5.66. The second kappa shape index (κ2) is 10.7. The minimum atomic E-state index is -1.01. The van der Waals surface area contributed by atoms with E-state index < -0.39 is 12.0 Å². The number of fused-ring (bicyclic) bond motifs is 1. The first-order chi connectivity index (χ1) is 16.7. The van der Waals surface area contributed by atoms with Crippen molar-refractivity contribution in [2.75, 3.05) is 27.7 Å². The second-order valence-electron chi connectivity index (χ2n) is 8.59. The first-order valence-corrected chi connectivity index (χ1v) is 12.8. The largest absolute Gasteiger partial charge is 0.496 e. The topological polar surface area (TPSA) is 65.4 Å². The Hall–Kier alpha value is -2.45. The third-order valence-electron chi connectivity index (χ3n) is 6.01. The van der Waals surface area contributed by atoms with Gasteiger partial charge >= 0.3 is 5.97 Å². The fourth-order valence-electron chi connectivity index (χ4n) is 4.46. The molecule has 2 heterocycles. The molecule has 35 heavy (non-hydrogen) atoms. The quantitative estimate of drug-likeness (QED) is 0.417. The van der Waals surface area contributed by atoms with Gasteiger partial charge in [-0.3, -0.25) is 0 Å². The van der Waals surface area contributed by atoms with Crippen molar-refractivity contribution in [1.82, 2.24) is 9.80 Å². The number of carboxylic acid groups (broad SMARTS) is 1. The van der Waals surface area contributed by atoms with Gasteiger partial charge in [0.25, 0.3) is 0 Å². The van der Waals surface area contributed by atoms with Gasteiger partial charge in [0.2, 0.25) is 0 Å². The molecule has 0 saturated carbocycles. The number of methoxy groups -OCH3 is 1. The van der Waals surface area contributed by atoms with E-state index in [-0.39, 0.29) is 5.57 Å². The van der Waals surface area contributed by atoms with Crippen LogP contribution in [0.3, 0.4) is 0 Å². The zero-order valence-electron chi connectivity index (χ0n) is 20.0. The molecule has 4 rings (SSSR count). The Morgan fingerprint density at radius 1 is 1.17 bits per heavy atom. The van der Waals surface area contributed by atoms with Crippen molar-refractivity contribution in [3.8, 4) is 5.75 Å². The van der Waals surface area contributed by atoms with E-state index in [4.69, 9.17) is 32.9 Å². The SMILES string of the molecule is COc1ccccc1C1C(C(=O)O)=C(C)N=C2SC(c3c(Cl)cccc3Cl)=C(CCCN(C)C)N21. The number of nitrogens with zero attached hydrogens (tertiary/aromatic N) is 3. The number of halogens is 2. The molecule has 0 saturated heterocycles. The average Bonchev–Trinajstić information content (AvgIpc) is 3.15. The maximum Gasteiger partial charge on any atom is 0.335 e. The molecule has 0 bridgehead atoms. The first kappa shape index (κ1) is 25.6. The lowest BCUT2D eigenvalue weighted by Gasteiger charge is -2.36. The number of aliphatic imine (C=N–C) groups is 1. The van der Waals surface area contributed by atoms with Gasteiger partial charge in [-0.2, -0.15) is 0 Å². The van der Waals surface area contributed by atoms with Crippen molar-refractivity contribution < 1.29 is 14.6 Å². The van der Waals surface area contributed by atoms with Gasteiger partial charge in [0.15, 0.2) is 5.17 Å².